The third kappa shape index (κ3) is 5.04. The second-order valence-corrected chi connectivity index (χ2v) is 10.9. The van der Waals surface area contributed by atoms with Gasteiger partial charge in [-0.05, 0) is 46.3 Å². The smallest absolute Gasteiger partial charge is 0.273 e. The molecule has 4 aromatic heterocycles. The number of aromatic amines is 1. The molecule has 0 bridgehead atoms. The predicted molar refractivity (Wildman–Crippen MR) is 156 cm³/mol. The molecule has 7 rings (SSSR count). The van der Waals surface area contributed by atoms with Crippen molar-refractivity contribution >= 4 is 32.6 Å². The summed E-state index contributed by atoms with van der Waals surface area (Å²) in [5.74, 6) is 0.880. The third-order valence-electron chi connectivity index (χ3n) is 7.54. The Labute approximate surface area is 243 Å². The highest BCUT2D eigenvalue weighted by Crippen LogP contribution is 2.32. The first-order chi connectivity index (χ1) is 20.1. The van der Waals surface area contributed by atoms with Crippen LogP contribution in [0.5, 0.6) is 0 Å². The van der Waals surface area contributed by atoms with Crippen molar-refractivity contribution < 1.29 is 9.32 Å². The Balaban J connectivity index is 0.976. The van der Waals surface area contributed by atoms with Gasteiger partial charge in [0.25, 0.3) is 5.91 Å². The van der Waals surface area contributed by atoms with Crippen LogP contribution in [-0.4, -0.2) is 59.2 Å². The van der Waals surface area contributed by atoms with Gasteiger partial charge >= 0.3 is 0 Å². The van der Waals surface area contributed by atoms with E-state index in [9.17, 15) is 4.79 Å². The molecule has 1 saturated heterocycles. The molecule has 2 aromatic carbocycles. The second kappa shape index (κ2) is 10.7. The van der Waals surface area contributed by atoms with E-state index in [1.54, 1.807) is 10.9 Å². The Bertz CT molecular complexity index is 1840. The standard InChI is InChI=1S/C30H25BrN8O2/c31-27-28(20-4-2-1-3-5-20)34-35-29(27)30(40)38-12-9-19(10-13-38)25-15-24(41-36-25)17-39-18-26(33-37-39)22-6-7-23-16-32-11-8-21(23)14-22/h1-8,11,14-16,18-19H,9-10,12-13,17H2,(H,34,35). The summed E-state index contributed by atoms with van der Waals surface area (Å²) in [6.45, 7) is 1.70. The first-order valence-electron chi connectivity index (χ1n) is 13.4. The molecule has 1 fully saturated rings. The average molecular weight is 609 g/mol. The lowest BCUT2D eigenvalue weighted by Gasteiger charge is -2.30. The number of H-pyrrole nitrogens is 1. The summed E-state index contributed by atoms with van der Waals surface area (Å²) in [7, 11) is 0. The molecule has 0 unspecified atom stereocenters. The molecular weight excluding hydrogens is 584 g/mol. The number of nitrogens with one attached hydrogen (secondary N) is 1. The van der Waals surface area contributed by atoms with E-state index < -0.39 is 0 Å². The highest BCUT2D eigenvalue weighted by Gasteiger charge is 2.29. The number of halogens is 1. The molecule has 0 spiro atoms. The van der Waals surface area contributed by atoms with Crippen LogP contribution >= 0.6 is 15.9 Å². The molecule has 1 amide bonds. The largest absolute Gasteiger partial charge is 0.359 e. The molecule has 1 N–H and O–H groups in total. The van der Waals surface area contributed by atoms with Crippen LogP contribution in [0.25, 0.3) is 33.3 Å². The van der Waals surface area contributed by atoms with Crippen LogP contribution in [0.2, 0.25) is 0 Å². The van der Waals surface area contributed by atoms with Crippen molar-refractivity contribution in [1.82, 2.24) is 40.2 Å². The Morgan fingerprint density at radius 2 is 1.88 bits per heavy atom. The van der Waals surface area contributed by atoms with E-state index in [1.807, 2.05) is 71.9 Å². The zero-order chi connectivity index (χ0) is 27.8. The van der Waals surface area contributed by atoms with E-state index >= 15 is 0 Å². The van der Waals surface area contributed by atoms with Crippen molar-refractivity contribution in [1.29, 1.82) is 0 Å². The van der Waals surface area contributed by atoms with Gasteiger partial charge in [0.15, 0.2) is 5.76 Å². The summed E-state index contributed by atoms with van der Waals surface area (Å²) in [5, 5.41) is 22.5. The van der Waals surface area contributed by atoms with Crippen LogP contribution in [0.15, 0.2) is 88.3 Å². The van der Waals surface area contributed by atoms with E-state index in [-0.39, 0.29) is 11.8 Å². The molecular formula is C30H25BrN8O2. The SMILES string of the molecule is O=C(c1[nH]nc(-c2ccccc2)c1Br)N1CCC(c2cc(Cn3cc(-c4ccc5cnccc5c4)nn3)on2)CC1. The normalized spacial score (nSPS) is 14.1. The summed E-state index contributed by atoms with van der Waals surface area (Å²) in [4.78, 5) is 19.3. The second-order valence-electron chi connectivity index (χ2n) is 10.2. The van der Waals surface area contributed by atoms with E-state index in [4.69, 9.17) is 4.52 Å². The number of benzene rings is 2. The van der Waals surface area contributed by atoms with Gasteiger partial charge in [0.1, 0.15) is 23.6 Å². The molecule has 41 heavy (non-hydrogen) atoms. The van der Waals surface area contributed by atoms with Crippen LogP contribution < -0.4 is 0 Å². The molecule has 5 heterocycles. The molecule has 1 aliphatic heterocycles. The number of nitrogens with zero attached hydrogens (tertiary/aromatic N) is 7. The van der Waals surface area contributed by atoms with Crippen molar-refractivity contribution in [2.45, 2.75) is 25.3 Å². The molecule has 0 atom stereocenters. The number of hydrogen-bond donors (Lipinski definition) is 1. The number of carbonyl (C=O) groups excluding carboxylic acids is 1. The maximum Gasteiger partial charge on any atom is 0.273 e. The van der Waals surface area contributed by atoms with Crippen LogP contribution in [-0.2, 0) is 6.54 Å². The number of piperidine rings is 1. The zero-order valence-electron chi connectivity index (χ0n) is 21.9. The fourth-order valence-corrected chi connectivity index (χ4v) is 5.88. The van der Waals surface area contributed by atoms with Crippen molar-refractivity contribution in [3.63, 3.8) is 0 Å². The molecule has 0 saturated carbocycles. The summed E-state index contributed by atoms with van der Waals surface area (Å²) >= 11 is 3.58. The monoisotopic (exact) mass is 608 g/mol. The van der Waals surface area contributed by atoms with Crippen molar-refractivity contribution in [3.05, 3.63) is 101 Å². The summed E-state index contributed by atoms with van der Waals surface area (Å²) in [6, 6.07) is 19.9. The van der Waals surface area contributed by atoms with E-state index in [1.165, 1.54) is 0 Å². The van der Waals surface area contributed by atoms with Crippen molar-refractivity contribution in [2.75, 3.05) is 13.1 Å². The van der Waals surface area contributed by atoms with Gasteiger partial charge in [-0.15, -0.1) is 5.10 Å². The van der Waals surface area contributed by atoms with Crippen molar-refractivity contribution in [3.8, 4) is 22.5 Å². The minimum absolute atomic E-state index is 0.0593. The first-order valence-corrected chi connectivity index (χ1v) is 14.2. The first kappa shape index (κ1) is 25.3. The number of fused-ring (bicyclic) bond motifs is 1. The number of hydrogen-bond acceptors (Lipinski definition) is 7. The Morgan fingerprint density at radius 3 is 2.73 bits per heavy atom. The summed E-state index contributed by atoms with van der Waals surface area (Å²) in [6.07, 6.45) is 7.15. The number of likely N-dealkylation sites (tertiary alicyclic amines) is 1. The lowest BCUT2D eigenvalue weighted by molar-refractivity contribution is 0.0704. The molecule has 11 heteroatoms. The van der Waals surface area contributed by atoms with Gasteiger partial charge in [0.2, 0.25) is 0 Å². The van der Waals surface area contributed by atoms with Crippen LogP contribution in [0.3, 0.4) is 0 Å². The number of amides is 1. The molecule has 204 valence electrons. The molecule has 0 aliphatic carbocycles. The van der Waals surface area contributed by atoms with E-state index in [0.29, 0.717) is 29.8 Å². The quantitative estimate of drug-likeness (QED) is 0.257. The van der Waals surface area contributed by atoms with Crippen LogP contribution in [0.1, 0.15) is 40.7 Å². The van der Waals surface area contributed by atoms with Crippen LogP contribution in [0, 0.1) is 0 Å². The molecule has 10 nitrogen and oxygen atoms in total. The highest BCUT2D eigenvalue weighted by atomic mass is 79.9. The molecule has 1 aliphatic rings. The number of pyridine rings is 1. The number of rotatable bonds is 6. The zero-order valence-corrected chi connectivity index (χ0v) is 23.5. The lowest BCUT2D eigenvalue weighted by atomic mass is 9.93. The van der Waals surface area contributed by atoms with Gasteiger partial charge in [0.05, 0.1) is 16.4 Å². The fraction of sp³-hybridized carbons (Fsp3) is 0.200. The van der Waals surface area contributed by atoms with E-state index in [2.05, 4.69) is 52.6 Å². The Kier molecular flexibility index (Phi) is 6.63. The van der Waals surface area contributed by atoms with Gasteiger partial charge in [-0.25, -0.2) is 4.68 Å². The lowest BCUT2D eigenvalue weighted by Crippen LogP contribution is -2.38. The maximum atomic E-state index is 13.3. The summed E-state index contributed by atoms with van der Waals surface area (Å²) in [5.41, 5.74) is 4.84. The Hall–Kier alpha value is -4.64. The Morgan fingerprint density at radius 1 is 1.02 bits per heavy atom. The molecule has 0 radical (unpaired) electrons. The number of aromatic nitrogens is 7. The molecule has 6 aromatic rings. The minimum atomic E-state index is -0.0593. The summed E-state index contributed by atoms with van der Waals surface area (Å²) < 4.78 is 8.09. The topological polar surface area (TPSA) is 119 Å². The van der Waals surface area contributed by atoms with Gasteiger partial charge in [-0.3, -0.25) is 14.9 Å². The van der Waals surface area contributed by atoms with Crippen LogP contribution in [0.4, 0.5) is 0 Å². The van der Waals surface area contributed by atoms with Gasteiger partial charge in [-0.2, -0.15) is 5.10 Å². The predicted octanol–water partition coefficient (Wildman–Crippen LogP) is 5.70. The maximum absolute atomic E-state index is 13.3. The fourth-order valence-electron chi connectivity index (χ4n) is 5.30. The average Bonchev–Trinajstić information content (AvgIpc) is 3.78. The van der Waals surface area contributed by atoms with E-state index in [0.717, 1.165) is 57.6 Å². The van der Waals surface area contributed by atoms with Gasteiger partial charge in [0, 0.05) is 54.0 Å². The third-order valence-corrected chi connectivity index (χ3v) is 8.31. The minimum Gasteiger partial charge on any atom is -0.359 e. The highest BCUT2D eigenvalue weighted by molar-refractivity contribution is 9.10. The van der Waals surface area contributed by atoms with Crippen molar-refractivity contribution in [2.24, 2.45) is 0 Å². The van der Waals surface area contributed by atoms with Gasteiger partial charge in [-0.1, -0.05) is 52.8 Å². The number of carbonyl (C=O) groups is 1. The van der Waals surface area contributed by atoms with Gasteiger partial charge < -0.3 is 9.42 Å².